The molecule has 0 aliphatic heterocycles. The molecule has 2 nitrogen and oxygen atoms in total. The Hall–Kier alpha value is -0.550. The summed E-state index contributed by atoms with van der Waals surface area (Å²) in [6.07, 6.45) is 0.428. The van der Waals surface area contributed by atoms with Gasteiger partial charge in [-0.15, -0.1) is 11.3 Å². The van der Waals surface area contributed by atoms with Gasteiger partial charge in [-0.05, 0) is 13.3 Å². The van der Waals surface area contributed by atoms with Gasteiger partial charge in [0.05, 0.1) is 6.04 Å². The van der Waals surface area contributed by atoms with E-state index in [9.17, 15) is 8.78 Å². The van der Waals surface area contributed by atoms with Crippen LogP contribution in [0.4, 0.5) is 8.78 Å². The highest BCUT2D eigenvalue weighted by Gasteiger charge is 2.13. The normalized spacial score (nSPS) is 13.5. The van der Waals surface area contributed by atoms with Gasteiger partial charge in [-0.3, -0.25) is 0 Å². The number of alkyl halides is 2. The second-order valence-corrected chi connectivity index (χ2v) is 4.28. The van der Waals surface area contributed by atoms with E-state index in [1.54, 1.807) is 17.5 Å². The number of aryl methyl sites for hydroxylation is 1. The Labute approximate surface area is 86.4 Å². The molecule has 0 fully saturated rings. The third-order valence-corrected chi connectivity index (χ3v) is 3.04. The maximum absolute atomic E-state index is 12.1. The summed E-state index contributed by atoms with van der Waals surface area (Å²) in [5.74, 6) is 0. The molecule has 0 aliphatic carbocycles. The van der Waals surface area contributed by atoms with Crippen molar-refractivity contribution >= 4 is 11.3 Å². The van der Waals surface area contributed by atoms with Crippen molar-refractivity contribution in [2.75, 3.05) is 0 Å². The van der Waals surface area contributed by atoms with E-state index in [0.29, 0.717) is 6.54 Å². The fourth-order valence-corrected chi connectivity index (χ4v) is 1.74. The van der Waals surface area contributed by atoms with E-state index in [1.165, 1.54) is 11.8 Å². The van der Waals surface area contributed by atoms with Crippen LogP contribution in [0.5, 0.6) is 0 Å². The highest BCUT2D eigenvalue weighted by molar-refractivity contribution is 7.11. The lowest BCUT2D eigenvalue weighted by Gasteiger charge is -2.10. The Bertz CT molecular complexity index is 276. The number of nitrogens with zero attached hydrogens (tertiary/aromatic N) is 1. The van der Waals surface area contributed by atoms with E-state index in [0.717, 1.165) is 11.4 Å². The van der Waals surface area contributed by atoms with Crippen LogP contribution in [-0.2, 0) is 13.0 Å². The molecule has 1 atom stereocenters. The minimum absolute atomic E-state index is 0.427. The summed E-state index contributed by atoms with van der Waals surface area (Å²) >= 11 is 1.57. The van der Waals surface area contributed by atoms with E-state index < -0.39 is 12.5 Å². The number of rotatable bonds is 5. The summed E-state index contributed by atoms with van der Waals surface area (Å²) in [5, 5.41) is 3.60. The van der Waals surface area contributed by atoms with Gasteiger partial charge in [0, 0.05) is 17.6 Å². The first-order valence-corrected chi connectivity index (χ1v) is 5.40. The Kier molecular flexibility index (Phi) is 4.41. The lowest BCUT2D eigenvalue weighted by molar-refractivity contribution is 0.105. The molecule has 5 heteroatoms. The van der Waals surface area contributed by atoms with Crippen molar-refractivity contribution in [3.8, 4) is 0 Å². The zero-order valence-electron chi connectivity index (χ0n) is 8.26. The fourth-order valence-electron chi connectivity index (χ4n) is 0.931. The van der Waals surface area contributed by atoms with E-state index in [2.05, 4.69) is 10.3 Å². The molecular weight excluding hydrogens is 206 g/mol. The quantitative estimate of drug-likeness (QED) is 0.824. The molecule has 0 aliphatic rings. The Morgan fingerprint density at radius 3 is 2.79 bits per heavy atom. The topological polar surface area (TPSA) is 24.9 Å². The SMILES string of the molecule is CCc1cnc(CNC(C)C(F)F)s1. The molecule has 1 aromatic rings. The van der Waals surface area contributed by atoms with Gasteiger partial charge in [0.1, 0.15) is 5.01 Å². The van der Waals surface area contributed by atoms with Crippen molar-refractivity contribution in [3.05, 3.63) is 16.1 Å². The molecule has 1 N–H and O–H groups in total. The third-order valence-electron chi connectivity index (χ3n) is 1.90. The molecule has 0 bridgehead atoms. The second kappa shape index (κ2) is 5.36. The van der Waals surface area contributed by atoms with E-state index in [1.807, 2.05) is 6.92 Å². The Morgan fingerprint density at radius 1 is 1.57 bits per heavy atom. The Morgan fingerprint density at radius 2 is 2.29 bits per heavy atom. The number of thiazole rings is 1. The number of halogens is 2. The summed E-state index contributed by atoms with van der Waals surface area (Å²) in [4.78, 5) is 5.32. The highest BCUT2D eigenvalue weighted by atomic mass is 32.1. The van der Waals surface area contributed by atoms with Crippen molar-refractivity contribution in [2.24, 2.45) is 0 Å². The average Bonchev–Trinajstić information content (AvgIpc) is 2.61. The molecule has 0 saturated heterocycles. The molecule has 1 heterocycles. The number of aromatic nitrogens is 1. The van der Waals surface area contributed by atoms with Crippen LogP contribution >= 0.6 is 11.3 Å². The second-order valence-electron chi connectivity index (χ2n) is 3.08. The van der Waals surface area contributed by atoms with Crippen LogP contribution in [0.15, 0.2) is 6.20 Å². The predicted molar refractivity (Wildman–Crippen MR) is 53.8 cm³/mol. The molecule has 1 aromatic heterocycles. The highest BCUT2D eigenvalue weighted by Crippen LogP contribution is 2.13. The fraction of sp³-hybridized carbons (Fsp3) is 0.667. The van der Waals surface area contributed by atoms with E-state index in [-0.39, 0.29) is 0 Å². The van der Waals surface area contributed by atoms with Crippen LogP contribution < -0.4 is 5.32 Å². The van der Waals surface area contributed by atoms with Crippen molar-refractivity contribution in [3.63, 3.8) is 0 Å². The summed E-state index contributed by atoms with van der Waals surface area (Å²) < 4.78 is 24.2. The van der Waals surface area contributed by atoms with E-state index >= 15 is 0 Å². The zero-order chi connectivity index (χ0) is 10.6. The number of hydrogen-bond donors (Lipinski definition) is 1. The molecule has 1 unspecified atom stereocenters. The summed E-state index contributed by atoms with van der Waals surface area (Å²) in [6.45, 7) is 3.95. The first-order chi connectivity index (χ1) is 6.63. The van der Waals surface area contributed by atoms with Crippen molar-refractivity contribution in [2.45, 2.75) is 39.3 Å². The lowest BCUT2D eigenvalue weighted by atomic mass is 10.3. The summed E-state index contributed by atoms with van der Waals surface area (Å²) in [6, 6.07) is -0.774. The molecule has 0 aromatic carbocycles. The summed E-state index contributed by atoms with van der Waals surface area (Å²) in [5.41, 5.74) is 0. The van der Waals surface area contributed by atoms with Gasteiger partial charge < -0.3 is 5.32 Å². The van der Waals surface area contributed by atoms with Gasteiger partial charge in [0.25, 0.3) is 6.43 Å². The van der Waals surface area contributed by atoms with Crippen LogP contribution in [-0.4, -0.2) is 17.5 Å². The molecule has 14 heavy (non-hydrogen) atoms. The summed E-state index contributed by atoms with van der Waals surface area (Å²) in [7, 11) is 0. The van der Waals surface area contributed by atoms with Crippen LogP contribution in [0.25, 0.3) is 0 Å². The number of hydrogen-bond acceptors (Lipinski definition) is 3. The van der Waals surface area contributed by atoms with Crippen molar-refractivity contribution < 1.29 is 8.78 Å². The standard InChI is InChI=1S/C9H14F2N2S/c1-3-7-4-13-8(14-7)5-12-6(2)9(10)11/h4,6,9,12H,3,5H2,1-2H3. The maximum Gasteiger partial charge on any atom is 0.253 e. The average molecular weight is 220 g/mol. The van der Waals surface area contributed by atoms with Crippen LogP contribution in [0.2, 0.25) is 0 Å². The minimum Gasteiger partial charge on any atom is -0.303 e. The van der Waals surface area contributed by atoms with Gasteiger partial charge >= 0.3 is 0 Å². The zero-order valence-corrected chi connectivity index (χ0v) is 9.07. The minimum atomic E-state index is -2.32. The van der Waals surface area contributed by atoms with Gasteiger partial charge in [0.15, 0.2) is 0 Å². The van der Waals surface area contributed by atoms with E-state index in [4.69, 9.17) is 0 Å². The largest absolute Gasteiger partial charge is 0.303 e. The molecule has 0 saturated carbocycles. The first kappa shape index (κ1) is 11.5. The van der Waals surface area contributed by atoms with Gasteiger partial charge in [-0.2, -0.15) is 0 Å². The molecule has 1 rings (SSSR count). The molecule has 0 amide bonds. The number of nitrogens with one attached hydrogen (secondary N) is 1. The van der Waals surface area contributed by atoms with Gasteiger partial charge in [0.2, 0.25) is 0 Å². The van der Waals surface area contributed by atoms with Crippen molar-refractivity contribution in [1.82, 2.24) is 10.3 Å². The van der Waals surface area contributed by atoms with Gasteiger partial charge in [-0.1, -0.05) is 6.92 Å². The molecule has 0 radical (unpaired) electrons. The lowest BCUT2D eigenvalue weighted by Crippen LogP contribution is -2.31. The van der Waals surface area contributed by atoms with Crippen molar-refractivity contribution in [1.29, 1.82) is 0 Å². The van der Waals surface area contributed by atoms with Crippen LogP contribution in [0.1, 0.15) is 23.7 Å². The Balaban J connectivity index is 2.37. The monoisotopic (exact) mass is 220 g/mol. The predicted octanol–water partition coefficient (Wildman–Crippen LogP) is 2.45. The molecule has 80 valence electrons. The molecular formula is C9H14F2N2S. The first-order valence-electron chi connectivity index (χ1n) is 4.58. The molecule has 0 spiro atoms. The smallest absolute Gasteiger partial charge is 0.253 e. The third kappa shape index (κ3) is 3.31. The van der Waals surface area contributed by atoms with Crippen LogP contribution in [0, 0.1) is 0 Å². The van der Waals surface area contributed by atoms with Crippen LogP contribution in [0.3, 0.4) is 0 Å². The maximum atomic E-state index is 12.1. The van der Waals surface area contributed by atoms with Gasteiger partial charge in [-0.25, -0.2) is 13.8 Å².